The highest BCUT2D eigenvalue weighted by Crippen LogP contribution is 2.35. The number of hydrogen-bond donors (Lipinski definition) is 1. The molecule has 2 aliphatic rings. The standard InChI is InChI=1S/C17H26N2O3S/c1-2-23(20,21)18-16-8-11-22-17(12-16)9-10-19(14-17)13-15-6-4-3-5-7-15/h3-7,16,18H,2,8-14H2,1H3/t16-,17-/m1/s1. The number of sulfonamides is 1. The van der Waals surface area contributed by atoms with Gasteiger partial charge >= 0.3 is 0 Å². The molecule has 2 fully saturated rings. The summed E-state index contributed by atoms with van der Waals surface area (Å²) in [5.74, 6) is 0.136. The number of nitrogens with zero attached hydrogens (tertiary/aromatic N) is 1. The summed E-state index contributed by atoms with van der Waals surface area (Å²) in [5, 5.41) is 0. The third-order valence-corrected chi connectivity index (χ3v) is 6.32. The smallest absolute Gasteiger partial charge is 0.211 e. The zero-order valence-corrected chi connectivity index (χ0v) is 14.5. The molecule has 128 valence electrons. The van der Waals surface area contributed by atoms with Crippen molar-refractivity contribution in [2.75, 3.05) is 25.4 Å². The van der Waals surface area contributed by atoms with E-state index in [9.17, 15) is 8.42 Å². The van der Waals surface area contributed by atoms with Crippen LogP contribution in [0.15, 0.2) is 30.3 Å². The normalized spacial score (nSPS) is 29.2. The Kier molecular flexibility index (Phi) is 5.06. The first-order chi connectivity index (χ1) is 11.0. The average molecular weight is 338 g/mol. The van der Waals surface area contributed by atoms with Gasteiger partial charge in [-0.1, -0.05) is 30.3 Å². The molecule has 0 unspecified atom stereocenters. The molecule has 0 aliphatic carbocycles. The Balaban J connectivity index is 1.60. The molecule has 1 aromatic carbocycles. The highest BCUT2D eigenvalue weighted by molar-refractivity contribution is 7.89. The SMILES string of the molecule is CCS(=O)(=O)N[C@@H]1CCO[C@]2(CCN(Cc3ccccc3)C2)C1. The molecule has 5 nitrogen and oxygen atoms in total. The molecule has 6 heteroatoms. The lowest BCUT2D eigenvalue weighted by molar-refractivity contribution is -0.0779. The second-order valence-corrected chi connectivity index (χ2v) is 8.73. The average Bonchev–Trinajstić information content (AvgIpc) is 2.90. The molecule has 2 aliphatic heterocycles. The molecule has 2 saturated heterocycles. The summed E-state index contributed by atoms with van der Waals surface area (Å²) in [6.07, 6.45) is 2.52. The molecule has 0 saturated carbocycles. The van der Waals surface area contributed by atoms with Crippen LogP contribution in [-0.4, -0.2) is 50.4 Å². The number of nitrogens with one attached hydrogen (secondary N) is 1. The molecule has 2 heterocycles. The lowest BCUT2D eigenvalue weighted by Crippen LogP contribution is -2.50. The van der Waals surface area contributed by atoms with Crippen molar-refractivity contribution in [2.24, 2.45) is 0 Å². The van der Waals surface area contributed by atoms with Crippen LogP contribution in [0.2, 0.25) is 0 Å². The minimum Gasteiger partial charge on any atom is -0.373 e. The third kappa shape index (κ3) is 4.32. The van der Waals surface area contributed by atoms with Gasteiger partial charge in [-0.05, 0) is 31.7 Å². The van der Waals surface area contributed by atoms with Crippen molar-refractivity contribution in [1.29, 1.82) is 0 Å². The maximum Gasteiger partial charge on any atom is 0.211 e. The van der Waals surface area contributed by atoms with Gasteiger partial charge in [-0.15, -0.1) is 0 Å². The lowest BCUT2D eigenvalue weighted by Gasteiger charge is -2.38. The monoisotopic (exact) mass is 338 g/mol. The van der Waals surface area contributed by atoms with Crippen molar-refractivity contribution in [2.45, 2.75) is 44.4 Å². The second kappa shape index (κ2) is 6.89. The van der Waals surface area contributed by atoms with Gasteiger partial charge in [-0.3, -0.25) is 4.90 Å². The first kappa shape index (κ1) is 16.9. The van der Waals surface area contributed by atoms with Gasteiger partial charge in [0.1, 0.15) is 0 Å². The minimum atomic E-state index is -3.15. The van der Waals surface area contributed by atoms with Gasteiger partial charge in [0.25, 0.3) is 0 Å². The number of rotatable bonds is 5. The van der Waals surface area contributed by atoms with Crippen LogP contribution in [0.1, 0.15) is 31.7 Å². The predicted molar refractivity (Wildman–Crippen MR) is 90.6 cm³/mol. The topological polar surface area (TPSA) is 58.6 Å². The maximum absolute atomic E-state index is 11.8. The van der Waals surface area contributed by atoms with Crippen LogP contribution in [0.5, 0.6) is 0 Å². The largest absolute Gasteiger partial charge is 0.373 e. The van der Waals surface area contributed by atoms with Crippen LogP contribution in [-0.2, 0) is 21.3 Å². The molecule has 1 aromatic rings. The van der Waals surface area contributed by atoms with E-state index in [4.69, 9.17) is 4.74 Å². The fourth-order valence-corrected chi connectivity index (χ4v) is 4.53. The summed E-state index contributed by atoms with van der Waals surface area (Å²) in [6, 6.07) is 10.5. The van der Waals surface area contributed by atoms with Gasteiger partial charge < -0.3 is 4.74 Å². The van der Waals surface area contributed by atoms with Crippen LogP contribution >= 0.6 is 0 Å². The summed E-state index contributed by atoms with van der Waals surface area (Å²) in [7, 11) is -3.15. The molecular formula is C17H26N2O3S. The van der Waals surface area contributed by atoms with Crippen LogP contribution in [0.3, 0.4) is 0 Å². The van der Waals surface area contributed by atoms with Crippen LogP contribution < -0.4 is 4.72 Å². The summed E-state index contributed by atoms with van der Waals surface area (Å²) in [4.78, 5) is 2.41. The molecule has 0 amide bonds. The zero-order valence-electron chi connectivity index (χ0n) is 13.7. The van der Waals surface area contributed by atoms with E-state index in [0.717, 1.165) is 38.9 Å². The fraction of sp³-hybridized carbons (Fsp3) is 0.647. The van der Waals surface area contributed by atoms with Gasteiger partial charge in [-0.2, -0.15) is 0 Å². The lowest BCUT2D eigenvalue weighted by atomic mass is 9.90. The molecule has 2 atom stereocenters. The number of ether oxygens (including phenoxy) is 1. The van der Waals surface area contributed by atoms with Gasteiger partial charge in [0.05, 0.1) is 11.4 Å². The van der Waals surface area contributed by atoms with E-state index in [1.807, 2.05) is 6.07 Å². The Morgan fingerprint density at radius 3 is 2.87 bits per heavy atom. The number of hydrogen-bond acceptors (Lipinski definition) is 4. The molecule has 1 N–H and O–H groups in total. The highest BCUT2D eigenvalue weighted by atomic mass is 32.2. The molecule has 0 bridgehead atoms. The third-order valence-electron chi connectivity index (χ3n) is 4.86. The molecule has 0 radical (unpaired) electrons. The predicted octanol–water partition coefficient (Wildman–Crippen LogP) is 1.75. The summed E-state index contributed by atoms with van der Waals surface area (Å²) >= 11 is 0. The summed E-state index contributed by atoms with van der Waals surface area (Å²) in [5.41, 5.74) is 1.12. The molecule has 23 heavy (non-hydrogen) atoms. The Morgan fingerprint density at radius 1 is 1.35 bits per heavy atom. The van der Waals surface area contributed by atoms with E-state index in [1.54, 1.807) is 6.92 Å². The van der Waals surface area contributed by atoms with Gasteiger partial charge in [0.2, 0.25) is 10.0 Å². The highest BCUT2D eigenvalue weighted by Gasteiger charge is 2.43. The Hall–Kier alpha value is -0.950. The quantitative estimate of drug-likeness (QED) is 0.889. The Labute approximate surface area is 139 Å². The van der Waals surface area contributed by atoms with Crippen molar-refractivity contribution in [3.05, 3.63) is 35.9 Å². The summed E-state index contributed by atoms with van der Waals surface area (Å²) in [6.45, 7) is 5.12. The van der Waals surface area contributed by atoms with Crippen molar-refractivity contribution in [1.82, 2.24) is 9.62 Å². The first-order valence-corrected chi connectivity index (χ1v) is 10.1. The Morgan fingerprint density at radius 2 is 2.13 bits per heavy atom. The van der Waals surface area contributed by atoms with Crippen LogP contribution in [0.4, 0.5) is 0 Å². The zero-order chi connectivity index (χ0) is 16.3. The second-order valence-electron chi connectivity index (χ2n) is 6.69. The van der Waals surface area contributed by atoms with E-state index < -0.39 is 10.0 Å². The van der Waals surface area contributed by atoms with Gasteiger partial charge in [0.15, 0.2) is 0 Å². The van der Waals surface area contributed by atoms with Crippen molar-refractivity contribution >= 4 is 10.0 Å². The van der Waals surface area contributed by atoms with Crippen LogP contribution in [0, 0.1) is 0 Å². The first-order valence-electron chi connectivity index (χ1n) is 8.40. The van der Waals surface area contributed by atoms with Crippen LogP contribution in [0.25, 0.3) is 0 Å². The molecular weight excluding hydrogens is 312 g/mol. The number of likely N-dealkylation sites (tertiary alicyclic amines) is 1. The minimum absolute atomic E-state index is 0.00498. The van der Waals surface area contributed by atoms with E-state index in [-0.39, 0.29) is 17.4 Å². The van der Waals surface area contributed by atoms with Crippen molar-refractivity contribution in [3.8, 4) is 0 Å². The van der Waals surface area contributed by atoms with E-state index in [0.29, 0.717) is 6.61 Å². The summed E-state index contributed by atoms with van der Waals surface area (Å²) < 4.78 is 32.6. The van der Waals surface area contributed by atoms with Crippen molar-refractivity contribution in [3.63, 3.8) is 0 Å². The van der Waals surface area contributed by atoms with Gasteiger partial charge in [0, 0.05) is 32.3 Å². The molecule has 0 aromatic heterocycles. The maximum atomic E-state index is 11.8. The van der Waals surface area contributed by atoms with E-state index in [1.165, 1.54) is 5.56 Å². The molecule has 1 spiro atoms. The molecule has 3 rings (SSSR count). The fourth-order valence-electron chi connectivity index (χ4n) is 3.65. The van der Waals surface area contributed by atoms with E-state index in [2.05, 4.69) is 33.9 Å². The van der Waals surface area contributed by atoms with E-state index >= 15 is 0 Å². The van der Waals surface area contributed by atoms with Crippen molar-refractivity contribution < 1.29 is 13.2 Å². The number of benzene rings is 1. The Bertz CT molecular complexity index is 620. The van der Waals surface area contributed by atoms with Gasteiger partial charge in [-0.25, -0.2) is 13.1 Å².